The Hall–Kier alpha value is -1.25. The van der Waals surface area contributed by atoms with E-state index in [0.29, 0.717) is 24.6 Å². The zero-order valence-corrected chi connectivity index (χ0v) is 8.43. The summed E-state index contributed by atoms with van der Waals surface area (Å²) >= 11 is 0. The molecule has 76 valence electrons. The minimum atomic E-state index is -0.169. The molecule has 0 aliphatic carbocycles. The number of benzene rings is 1. The second kappa shape index (κ2) is 3.48. The second-order valence-corrected chi connectivity index (χ2v) is 3.77. The molecule has 2 nitrogen and oxygen atoms in total. The fourth-order valence-electron chi connectivity index (χ4n) is 1.64. The van der Waals surface area contributed by atoms with E-state index in [0.717, 1.165) is 5.56 Å². The number of rotatable bonds is 1. The molecule has 2 rings (SSSR count). The fourth-order valence-corrected chi connectivity index (χ4v) is 1.64. The van der Waals surface area contributed by atoms with Gasteiger partial charge < -0.3 is 10.1 Å². The molecule has 14 heavy (non-hydrogen) atoms. The fraction of sp³-hybridized carbons (Fsp3) is 0.455. The molecular weight excluding hydrogens is 181 g/mol. The monoisotopic (exact) mass is 195 g/mol. The van der Waals surface area contributed by atoms with E-state index >= 15 is 0 Å². The van der Waals surface area contributed by atoms with Gasteiger partial charge in [0.05, 0.1) is 0 Å². The predicted molar refractivity (Wildman–Crippen MR) is 54.5 cm³/mol. The highest BCUT2D eigenvalue weighted by Gasteiger charge is 2.18. The van der Waals surface area contributed by atoms with Gasteiger partial charge in [-0.05, 0) is 17.5 Å². The summed E-state index contributed by atoms with van der Waals surface area (Å²) in [5, 5.41) is 3.03. The van der Waals surface area contributed by atoms with Crippen molar-refractivity contribution in [2.45, 2.75) is 19.8 Å². The number of nitrogens with one attached hydrogen (secondary N) is 1. The SMILES string of the molecule is CC(C)c1ccc2c(c1F)NCCO2. The van der Waals surface area contributed by atoms with Gasteiger partial charge in [-0.2, -0.15) is 0 Å². The molecular formula is C11H14FNO. The first-order valence-electron chi connectivity index (χ1n) is 4.89. The van der Waals surface area contributed by atoms with Crippen LogP contribution in [0.5, 0.6) is 5.75 Å². The molecule has 1 aliphatic heterocycles. The second-order valence-electron chi connectivity index (χ2n) is 3.77. The van der Waals surface area contributed by atoms with Crippen LogP contribution in [0, 0.1) is 5.82 Å². The summed E-state index contributed by atoms with van der Waals surface area (Å²) in [6.45, 7) is 5.24. The van der Waals surface area contributed by atoms with Gasteiger partial charge in [0.15, 0.2) is 5.82 Å². The van der Waals surface area contributed by atoms with Crippen LogP contribution in [0.3, 0.4) is 0 Å². The Kier molecular flexibility index (Phi) is 2.32. The van der Waals surface area contributed by atoms with Gasteiger partial charge in [0.1, 0.15) is 18.0 Å². The molecule has 0 unspecified atom stereocenters. The van der Waals surface area contributed by atoms with Crippen LogP contribution in [0.2, 0.25) is 0 Å². The maximum atomic E-state index is 13.9. The van der Waals surface area contributed by atoms with Gasteiger partial charge in [-0.15, -0.1) is 0 Å². The number of fused-ring (bicyclic) bond motifs is 1. The highest BCUT2D eigenvalue weighted by Crippen LogP contribution is 2.34. The standard InChI is InChI=1S/C11H14FNO/c1-7(2)8-3-4-9-11(10(8)12)13-5-6-14-9/h3-4,7,13H,5-6H2,1-2H3. The molecule has 0 atom stereocenters. The van der Waals surface area contributed by atoms with Crippen molar-refractivity contribution in [1.29, 1.82) is 0 Å². The zero-order valence-electron chi connectivity index (χ0n) is 8.43. The van der Waals surface area contributed by atoms with Crippen LogP contribution in [0.25, 0.3) is 0 Å². The Morgan fingerprint density at radius 2 is 2.21 bits per heavy atom. The van der Waals surface area contributed by atoms with Crippen LogP contribution in [-0.2, 0) is 0 Å². The maximum Gasteiger partial charge on any atom is 0.153 e. The molecule has 0 spiro atoms. The van der Waals surface area contributed by atoms with Crippen molar-refractivity contribution in [2.24, 2.45) is 0 Å². The first-order valence-corrected chi connectivity index (χ1v) is 4.89. The van der Waals surface area contributed by atoms with Crippen LogP contribution >= 0.6 is 0 Å². The number of halogens is 1. The molecule has 0 aromatic heterocycles. The highest BCUT2D eigenvalue weighted by molar-refractivity contribution is 5.61. The molecule has 1 heterocycles. The van der Waals surface area contributed by atoms with Gasteiger partial charge in [0.2, 0.25) is 0 Å². The summed E-state index contributed by atoms with van der Waals surface area (Å²) in [6, 6.07) is 3.63. The molecule has 0 bridgehead atoms. The largest absolute Gasteiger partial charge is 0.489 e. The lowest BCUT2D eigenvalue weighted by molar-refractivity contribution is 0.320. The van der Waals surface area contributed by atoms with Crippen molar-refractivity contribution in [3.8, 4) is 5.75 Å². The number of hydrogen-bond acceptors (Lipinski definition) is 2. The first-order chi connectivity index (χ1) is 6.70. The first kappa shape index (κ1) is 9.31. The van der Waals surface area contributed by atoms with Gasteiger partial charge in [-0.1, -0.05) is 19.9 Å². The average Bonchev–Trinajstić information content (AvgIpc) is 2.18. The Morgan fingerprint density at radius 3 is 2.93 bits per heavy atom. The third-order valence-corrected chi connectivity index (χ3v) is 2.42. The molecule has 1 aliphatic rings. The summed E-state index contributed by atoms with van der Waals surface area (Å²) in [6.07, 6.45) is 0. The smallest absolute Gasteiger partial charge is 0.153 e. The van der Waals surface area contributed by atoms with Crippen LogP contribution in [-0.4, -0.2) is 13.2 Å². The molecule has 1 N–H and O–H groups in total. The Labute approximate surface area is 83.1 Å². The Bertz CT molecular complexity index is 349. The van der Waals surface area contributed by atoms with Crippen molar-refractivity contribution < 1.29 is 9.13 Å². The van der Waals surface area contributed by atoms with E-state index < -0.39 is 0 Å². The lowest BCUT2D eigenvalue weighted by atomic mass is 10.0. The number of anilines is 1. The van der Waals surface area contributed by atoms with Crippen LogP contribution in [0.1, 0.15) is 25.3 Å². The van der Waals surface area contributed by atoms with Crippen molar-refractivity contribution in [3.05, 3.63) is 23.5 Å². The molecule has 0 amide bonds. The molecule has 0 fully saturated rings. The van der Waals surface area contributed by atoms with E-state index in [1.165, 1.54) is 0 Å². The van der Waals surface area contributed by atoms with Crippen molar-refractivity contribution in [1.82, 2.24) is 0 Å². The minimum Gasteiger partial charge on any atom is -0.489 e. The third-order valence-electron chi connectivity index (χ3n) is 2.42. The van der Waals surface area contributed by atoms with E-state index in [9.17, 15) is 4.39 Å². The van der Waals surface area contributed by atoms with E-state index in [-0.39, 0.29) is 11.7 Å². The summed E-state index contributed by atoms with van der Waals surface area (Å²) < 4.78 is 19.2. The molecule has 0 saturated carbocycles. The van der Waals surface area contributed by atoms with Gasteiger partial charge in [-0.3, -0.25) is 0 Å². The van der Waals surface area contributed by atoms with Gasteiger partial charge in [-0.25, -0.2) is 4.39 Å². The van der Waals surface area contributed by atoms with Crippen molar-refractivity contribution >= 4 is 5.69 Å². The highest BCUT2D eigenvalue weighted by atomic mass is 19.1. The summed E-state index contributed by atoms with van der Waals surface area (Å²) in [5.41, 5.74) is 1.25. The van der Waals surface area contributed by atoms with Gasteiger partial charge in [0.25, 0.3) is 0 Å². The number of hydrogen-bond donors (Lipinski definition) is 1. The quantitative estimate of drug-likeness (QED) is 0.744. The summed E-state index contributed by atoms with van der Waals surface area (Å²) in [7, 11) is 0. The van der Waals surface area contributed by atoms with Gasteiger partial charge >= 0.3 is 0 Å². The maximum absolute atomic E-state index is 13.9. The lowest BCUT2D eigenvalue weighted by Gasteiger charge is -2.21. The van der Waals surface area contributed by atoms with Crippen molar-refractivity contribution in [2.75, 3.05) is 18.5 Å². The molecule has 1 aromatic rings. The topological polar surface area (TPSA) is 21.3 Å². The van der Waals surface area contributed by atoms with Gasteiger partial charge in [0, 0.05) is 6.54 Å². The molecule has 0 radical (unpaired) electrons. The molecule has 1 aromatic carbocycles. The van der Waals surface area contributed by atoms with E-state index in [1.54, 1.807) is 6.07 Å². The lowest BCUT2D eigenvalue weighted by Crippen LogP contribution is -2.19. The minimum absolute atomic E-state index is 0.169. The van der Waals surface area contributed by atoms with Crippen LogP contribution in [0.15, 0.2) is 12.1 Å². The Balaban J connectivity index is 2.49. The molecule has 3 heteroatoms. The number of ether oxygens (including phenoxy) is 1. The normalized spacial score (nSPS) is 14.6. The third kappa shape index (κ3) is 1.43. The zero-order chi connectivity index (χ0) is 10.1. The summed E-state index contributed by atoms with van der Waals surface area (Å²) in [5.74, 6) is 0.652. The van der Waals surface area contributed by atoms with E-state index in [4.69, 9.17) is 4.74 Å². The van der Waals surface area contributed by atoms with Crippen LogP contribution in [0.4, 0.5) is 10.1 Å². The Morgan fingerprint density at radius 1 is 1.43 bits per heavy atom. The summed E-state index contributed by atoms with van der Waals surface area (Å²) in [4.78, 5) is 0. The molecule has 0 saturated heterocycles. The van der Waals surface area contributed by atoms with E-state index in [2.05, 4.69) is 5.32 Å². The van der Waals surface area contributed by atoms with Crippen molar-refractivity contribution in [3.63, 3.8) is 0 Å². The average molecular weight is 195 g/mol. The van der Waals surface area contributed by atoms with E-state index in [1.807, 2.05) is 19.9 Å². The predicted octanol–water partition coefficient (Wildman–Crippen LogP) is 2.75. The van der Waals surface area contributed by atoms with Crippen LogP contribution < -0.4 is 10.1 Å².